The Balaban J connectivity index is 0.000000338. The molecule has 0 radical (unpaired) electrons. The van der Waals surface area contributed by atoms with Crippen LogP contribution in [0.5, 0.6) is 0 Å². The maximum atomic E-state index is 10.6. The predicted molar refractivity (Wildman–Crippen MR) is 154 cm³/mol. The first-order valence-electron chi connectivity index (χ1n) is 13.9. The molecule has 1 fully saturated rings. The minimum Gasteiger partial charge on any atom is -0.475 e. The van der Waals surface area contributed by atoms with Gasteiger partial charge in [0.1, 0.15) is 5.69 Å². The number of benzene rings is 1. The number of halogens is 9. The van der Waals surface area contributed by atoms with E-state index in [4.69, 9.17) is 29.7 Å². The van der Waals surface area contributed by atoms with Crippen molar-refractivity contribution in [2.24, 2.45) is 0 Å². The lowest BCUT2D eigenvalue weighted by atomic mass is 10.1. The average Bonchev–Trinajstić information content (AvgIpc) is 3.67. The van der Waals surface area contributed by atoms with Crippen LogP contribution in [0.25, 0.3) is 5.52 Å². The van der Waals surface area contributed by atoms with Crippen LogP contribution >= 0.6 is 0 Å². The monoisotopic (exact) mass is 726 g/mol. The van der Waals surface area contributed by atoms with Crippen LogP contribution < -0.4 is 5.32 Å². The van der Waals surface area contributed by atoms with E-state index in [0.717, 1.165) is 43.0 Å². The van der Waals surface area contributed by atoms with E-state index < -0.39 is 36.4 Å². The van der Waals surface area contributed by atoms with Crippen molar-refractivity contribution >= 4 is 29.1 Å². The van der Waals surface area contributed by atoms with Crippen LogP contribution in [0.15, 0.2) is 73.2 Å². The van der Waals surface area contributed by atoms with Gasteiger partial charge in [-0.2, -0.15) is 39.5 Å². The number of fused-ring (bicyclic) bond motifs is 1. The van der Waals surface area contributed by atoms with Crippen molar-refractivity contribution < 1.29 is 69.2 Å². The van der Waals surface area contributed by atoms with Gasteiger partial charge in [-0.3, -0.25) is 9.88 Å². The third-order valence-corrected chi connectivity index (χ3v) is 6.32. The first-order valence-corrected chi connectivity index (χ1v) is 13.9. The molecule has 1 aromatic carbocycles. The fraction of sp³-hybridized carbons (Fsp3) is 0.310. The minimum absolute atomic E-state index is 0.309. The number of rotatable bonds is 6. The van der Waals surface area contributed by atoms with E-state index in [1.54, 1.807) is 0 Å². The van der Waals surface area contributed by atoms with Gasteiger partial charge in [0.05, 0.1) is 23.4 Å². The van der Waals surface area contributed by atoms with E-state index in [1.165, 1.54) is 17.5 Å². The van der Waals surface area contributed by atoms with Gasteiger partial charge in [-0.05, 0) is 54.8 Å². The zero-order chi connectivity index (χ0) is 37.7. The van der Waals surface area contributed by atoms with Crippen molar-refractivity contribution in [2.45, 2.75) is 50.5 Å². The smallest absolute Gasteiger partial charge is 0.475 e. The maximum absolute atomic E-state index is 10.6. The lowest BCUT2D eigenvalue weighted by molar-refractivity contribution is -0.193. The van der Waals surface area contributed by atoms with Crippen LogP contribution in [0.1, 0.15) is 35.7 Å². The van der Waals surface area contributed by atoms with Crippen LogP contribution in [-0.4, -0.2) is 83.0 Å². The van der Waals surface area contributed by atoms with Crippen LogP contribution in [0, 0.1) is 0 Å². The lowest BCUT2D eigenvalue weighted by Crippen LogP contribution is -2.23. The second-order valence-corrected chi connectivity index (χ2v) is 9.95. The van der Waals surface area contributed by atoms with Crippen LogP contribution in [-0.2, 0) is 27.5 Å². The van der Waals surface area contributed by atoms with Gasteiger partial charge >= 0.3 is 36.4 Å². The Kier molecular flexibility index (Phi) is 14.5. The van der Waals surface area contributed by atoms with E-state index in [2.05, 4.69) is 74.0 Å². The predicted octanol–water partition coefficient (Wildman–Crippen LogP) is 5.97. The number of hydrogen-bond acceptors (Lipinski definition) is 8. The van der Waals surface area contributed by atoms with Gasteiger partial charge in [0.15, 0.2) is 0 Å². The molecule has 0 spiro atoms. The third kappa shape index (κ3) is 13.6. The summed E-state index contributed by atoms with van der Waals surface area (Å²) < 4.78 is 97.1. The molecule has 12 nitrogen and oxygen atoms in total. The van der Waals surface area contributed by atoms with Crippen molar-refractivity contribution in [3.05, 3.63) is 90.0 Å². The molecule has 21 heteroatoms. The van der Waals surface area contributed by atoms with Gasteiger partial charge in [-0.25, -0.2) is 18.9 Å². The summed E-state index contributed by atoms with van der Waals surface area (Å²) in [7, 11) is 0. The number of alkyl halides is 9. The summed E-state index contributed by atoms with van der Waals surface area (Å²) in [5.41, 5.74) is 5.74. The molecule has 1 atom stereocenters. The molecule has 4 N–H and O–H groups in total. The molecular formula is C29H27F9N6O6. The molecule has 1 aliphatic rings. The Hall–Kier alpha value is -5.47. The number of aromatic nitrogens is 4. The number of nitrogens with zero attached hydrogens (tertiary/aromatic N) is 5. The summed E-state index contributed by atoms with van der Waals surface area (Å²) in [6, 6.07) is 19.1. The molecule has 5 rings (SSSR count). The molecule has 0 saturated carbocycles. The number of likely N-dealkylation sites (tertiary alicyclic amines) is 1. The zero-order valence-electron chi connectivity index (χ0n) is 25.2. The number of hydrogen-bond donors (Lipinski definition) is 4. The highest BCUT2D eigenvalue weighted by Crippen LogP contribution is 2.34. The Labute approximate surface area is 275 Å². The van der Waals surface area contributed by atoms with E-state index in [9.17, 15) is 39.5 Å². The van der Waals surface area contributed by atoms with E-state index in [-0.39, 0.29) is 0 Å². The number of carboxylic acid groups (broad SMARTS) is 3. The summed E-state index contributed by atoms with van der Waals surface area (Å²) in [5.74, 6) is -8.27. The fourth-order valence-corrected chi connectivity index (χ4v) is 4.10. The molecule has 0 aliphatic carbocycles. The van der Waals surface area contributed by atoms with Gasteiger partial charge in [0.2, 0.25) is 0 Å². The summed E-state index contributed by atoms with van der Waals surface area (Å²) in [6.45, 7) is 2.79. The summed E-state index contributed by atoms with van der Waals surface area (Å²) in [5, 5.41) is 33.8. The Morgan fingerprint density at radius 3 is 1.78 bits per heavy atom. The Bertz CT molecular complexity index is 1630. The van der Waals surface area contributed by atoms with Gasteiger partial charge in [-0.1, -0.05) is 35.5 Å². The average molecular weight is 727 g/mol. The minimum atomic E-state index is -5.08. The van der Waals surface area contributed by atoms with Crippen molar-refractivity contribution in [1.82, 2.24) is 24.7 Å². The van der Waals surface area contributed by atoms with E-state index >= 15 is 0 Å². The molecular weight excluding hydrogens is 699 g/mol. The van der Waals surface area contributed by atoms with Crippen molar-refractivity contribution in [3.8, 4) is 0 Å². The zero-order valence-corrected chi connectivity index (χ0v) is 25.2. The number of carboxylic acids is 3. The molecule has 0 amide bonds. The Morgan fingerprint density at radius 1 is 0.760 bits per heavy atom. The molecule has 1 aliphatic heterocycles. The standard InChI is InChI=1S/C23H24N6.3C2HF3O2/c1-2-5-18(6-3-1)15-25-20-8-9-22-23(26-27-29(22)17-20)21-7-4-14-28(21)16-19-10-12-24-13-11-19;3*3-2(4,5)1(6)7/h1-3,5-6,8-13,17,21,25H,4,7,14-16H2;3*(H,6,7). The fourth-order valence-electron chi connectivity index (χ4n) is 4.10. The molecule has 1 unspecified atom stereocenters. The number of pyridine rings is 2. The normalized spacial score (nSPS) is 14.6. The van der Waals surface area contributed by atoms with Gasteiger partial charge in [0, 0.05) is 25.5 Å². The van der Waals surface area contributed by atoms with Crippen LogP contribution in [0.4, 0.5) is 45.2 Å². The second kappa shape index (κ2) is 17.8. The van der Waals surface area contributed by atoms with Crippen molar-refractivity contribution in [1.29, 1.82) is 0 Å². The molecule has 272 valence electrons. The van der Waals surface area contributed by atoms with Gasteiger partial charge in [0.25, 0.3) is 0 Å². The number of anilines is 1. The number of carbonyl (C=O) groups is 3. The highest BCUT2D eigenvalue weighted by atomic mass is 19.4. The van der Waals surface area contributed by atoms with E-state index in [1.807, 2.05) is 29.2 Å². The molecule has 3 aromatic heterocycles. The SMILES string of the molecule is O=C(O)C(F)(F)F.O=C(O)C(F)(F)F.O=C(O)C(F)(F)F.c1ccc(CNc2ccc3c(C4CCCN4Cc4ccncc4)nnn3c2)cc1. The summed E-state index contributed by atoms with van der Waals surface area (Å²) >= 11 is 0. The number of aliphatic carboxylic acids is 3. The highest BCUT2D eigenvalue weighted by Gasteiger charge is 2.39. The molecule has 1 saturated heterocycles. The summed E-state index contributed by atoms with van der Waals surface area (Å²) in [6.07, 6.45) is -7.20. The molecule has 0 bridgehead atoms. The maximum Gasteiger partial charge on any atom is 0.490 e. The second-order valence-electron chi connectivity index (χ2n) is 9.95. The third-order valence-electron chi connectivity index (χ3n) is 6.32. The summed E-state index contributed by atoms with van der Waals surface area (Å²) in [4.78, 5) is 33.3. The highest BCUT2D eigenvalue weighted by molar-refractivity contribution is 5.73. The van der Waals surface area contributed by atoms with Crippen molar-refractivity contribution in [3.63, 3.8) is 0 Å². The van der Waals surface area contributed by atoms with Gasteiger partial charge < -0.3 is 20.6 Å². The molecule has 4 aromatic rings. The first-order chi connectivity index (χ1) is 23.2. The molecule has 50 heavy (non-hydrogen) atoms. The lowest BCUT2D eigenvalue weighted by Gasteiger charge is -2.23. The van der Waals surface area contributed by atoms with E-state index in [0.29, 0.717) is 6.04 Å². The van der Waals surface area contributed by atoms with Crippen LogP contribution in [0.3, 0.4) is 0 Å². The first kappa shape index (κ1) is 40.7. The van der Waals surface area contributed by atoms with Crippen LogP contribution in [0.2, 0.25) is 0 Å². The Morgan fingerprint density at radius 2 is 1.28 bits per heavy atom. The quantitative estimate of drug-likeness (QED) is 0.173. The number of nitrogens with one attached hydrogen (secondary N) is 1. The largest absolute Gasteiger partial charge is 0.490 e. The van der Waals surface area contributed by atoms with Gasteiger partial charge in [-0.15, -0.1) is 5.10 Å². The van der Waals surface area contributed by atoms with Crippen molar-refractivity contribution in [2.75, 3.05) is 11.9 Å². The topological polar surface area (TPSA) is 170 Å². The molecule has 4 heterocycles.